The zero-order valence-electron chi connectivity index (χ0n) is 24.4. The number of alkyl carbamates (subject to hydrolysis) is 1. The lowest BCUT2D eigenvalue weighted by molar-refractivity contribution is -0.141. The zero-order chi connectivity index (χ0) is 28.6. The number of nitrogens with one attached hydrogen (secondary N) is 2. The number of hydrogen-bond acceptors (Lipinski definition) is 5. The summed E-state index contributed by atoms with van der Waals surface area (Å²) in [5, 5.41) is 5.19. The summed E-state index contributed by atoms with van der Waals surface area (Å²) in [4.78, 5) is 49.5. The smallest absolute Gasteiger partial charge is 0.407 e. The van der Waals surface area contributed by atoms with Crippen LogP contribution in [0.3, 0.4) is 0 Å². The van der Waals surface area contributed by atoms with Gasteiger partial charge in [0.25, 0.3) is 0 Å². The maximum absolute atomic E-state index is 12.7. The molecule has 1 heterocycles. The van der Waals surface area contributed by atoms with Gasteiger partial charge in [-0.1, -0.05) is 64.2 Å². The Hall–Kier alpha value is -2.90. The molecule has 8 heteroatoms. The Bertz CT molecular complexity index is 1030. The molecule has 0 bridgehead atoms. The molecule has 216 valence electrons. The van der Waals surface area contributed by atoms with Crippen LogP contribution in [0.4, 0.5) is 4.79 Å². The fraction of sp³-hybridized carbons (Fsp3) is 0.677. The molecule has 1 aromatic carbocycles. The molecule has 1 saturated carbocycles. The van der Waals surface area contributed by atoms with Crippen molar-refractivity contribution in [3.63, 3.8) is 0 Å². The van der Waals surface area contributed by atoms with Crippen LogP contribution in [0.15, 0.2) is 18.2 Å². The molecular weight excluding hydrogens is 494 g/mol. The lowest BCUT2D eigenvalue weighted by Gasteiger charge is -2.41. The Labute approximate surface area is 233 Å². The molecule has 1 aliphatic heterocycles. The van der Waals surface area contributed by atoms with Crippen LogP contribution in [-0.4, -0.2) is 40.9 Å². The third kappa shape index (κ3) is 9.07. The van der Waals surface area contributed by atoms with Gasteiger partial charge in [0.2, 0.25) is 18.2 Å². The van der Waals surface area contributed by atoms with E-state index in [1.165, 1.54) is 49.8 Å². The van der Waals surface area contributed by atoms with Crippen molar-refractivity contribution in [2.45, 2.75) is 124 Å². The summed E-state index contributed by atoms with van der Waals surface area (Å²) in [7, 11) is 0. The molecule has 2 fully saturated rings. The second kappa shape index (κ2) is 13.4. The fourth-order valence-electron chi connectivity index (χ4n) is 6.44. The van der Waals surface area contributed by atoms with Gasteiger partial charge >= 0.3 is 6.09 Å². The molecule has 1 atom stereocenters. The fourth-order valence-corrected chi connectivity index (χ4v) is 6.44. The van der Waals surface area contributed by atoms with Gasteiger partial charge in [-0.2, -0.15) is 0 Å². The number of aryl methyl sites for hydroxylation is 1. The van der Waals surface area contributed by atoms with Gasteiger partial charge in [0.15, 0.2) is 0 Å². The van der Waals surface area contributed by atoms with Crippen LogP contribution < -0.4 is 10.6 Å². The molecule has 0 spiro atoms. The topological polar surface area (TPSA) is 105 Å². The Balaban J connectivity index is 1.52. The number of amides is 4. The minimum absolute atomic E-state index is 0.0945. The molecule has 39 heavy (non-hydrogen) atoms. The van der Waals surface area contributed by atoms with E-state index in [4.69, 9.17) is 4.74 Å². The molecule has 1 aromatic rings. The Morgan fingerprint density at radius 3 is 2.36 bits per heavy atom. The van der Waals surface area contributed by atoms with E-state index in [9.17, 15) is 19.2 Å². The van der Waals surface area contributed by atoms with Crippen LogP contribution in [0.1, 0.15) is 109 Å². The summed E-state index contributed by atoms with van der Waals surface area (Å²) >= 11 is 0. The molecule has 2 aliphatic rings. The van der Waals surface area contributed by atoms with E-state index in [0.29, 0.717) is 25.3 Å². The Kier molecular flexibility index (Phi) is 10.6. The SMILES string of the molecule is Cc1cc(CNC(=O)OC(C)(C)CC(C)(C)C2CCCCCCC2)ccc1CN(C=O)C1CCC(=O)NC1=O. The molecule has 1 unspecified atom stereocenters. The quantitative estimate of drug-likeness (QED) is 0.299. The second-order valence-corrected chi connectivity index (χ2v) is 12.7. The number of imide groups is 1. The van der Waals surface area contributed by atoms with E-state index < -0.39 is 23.6 Å². The van der Waals surface area contributed by atoms with Gasteiger partial charge in [0.1, 0.15) is 11.6 Å². The highest BCUT2D eigenvalue weighted by Gasteiger charge is 2.37. The predicted molar refractivity (Wildman–Crippen MR) is 151 cm³/mol. The molecule has 1 aliphatic carbocycles. The van der Waals surface area contributed by atoms with E-state index in [0.717, 1.165) is 23.1 Å². The van der Waals surface area contributed by atoms with Crippen molar-refractivity contribution in [1.82, 2.24) is 15.5 Å². The average Bonchev–Trinajstić information content (AvgIpc) is 2.81. The first kappa shape index (κ1) is 30.6. The number of carbonyl (C=O) groups excluding carboxylic acids is 4. The number of piperidine rings is 1. The minimum Gasteiger partial charge on any atom is -0.444 e. The summed E-state index contributed by atoms with van der Waals surface area (Å²) in [5.41, 5.74) is 2.28. The van der Waals surface area contributed by atoms with Gasteiger partial charge in [0, 0.05) is 19.5 Å². The van der Waals surface area contributed by atoms with E-state index in [-0.39, 0.29) is 24.3 Å². The van der Waals surface area contributed by atoms with Crippen LogP contribution >= 0.6 is 0 Å². The first-order chi connectivity index (χ1) is 18.4. The molecule has 1 saturated heterocycles. The van der Waals surface area contributed by atoms with E-state index in [1.54, 1.807) is 0 Å². The summed E-state index contributed by atoms with van der Waals surface area (Å²) < 4.78 is 5.89. The van der Waals surface area contributed by atoms with Gasteiger partial charge in [-0.05, 0) is 74.5 Å². The largest absolute Gasteiger partial charge is 0.444 e. The second-order valence-electron chi connectivity index (χ2n) is 12.7. The van der Waals surface area contributed by atoms with Crippen molar-refractivity contribution >= 4 is 24.3 Å². The highest BCUT2D eigenvalue weighted by atomic mass is 16.6. The number of benzene rings is 1. The number of hydrogen-bond donors (Lipinski definition) is 2. The van der Waals surface area contributed by atoms with Crippen molar-refractivity contribution in [1.29, 1.82) is 0 Å². The number of nitrogens with zero attached hydrogens (tertiary/aromatic N) is 1. The molecule has 4 amide bonds. The van der Waals surface area contributed by atoms with Gasteiger partial charge in [-0.25, -0.2) is 4.79 Å². The third-order valence-corrected chi connectivity index (χ3v) is 8.40. The molecule has 0 aromatic heterocycles. The highest BCUT2D eigenvalue weighted by molar-refractivity contribution is 6.00. The van der Waals surface area contributed by atoms with Gasteiger partial charge in [0.05, 0.1) is 0 Å². The van der Waals surface area contributed by atoms with E-state index in [1.807, 2.05) is 39.0 Å². The average molecular weight is 542 g/mol. The Morgan fingerprint density at radius 1 is 1.08 bits per heavy atom. The Morgan fingerprint density at radius 2 is 1.74 bits per heavy atom. The monoisotopic (exact) mass is 541 g/mol. The van der Waals surface area contributed by atoms with Gasteiger partial charge in [-0.15, -0.1) is 0 Å². The van der Waals surface area contributed by atoms with Crippen LogP contribution in [-0.2, 0) is 32.2 Å². The first-order valence-corrected chi connectivity index (χ1v) is 14.5. The summed E-state index contributed by atoms with van der Waals surface area (Å²) in [5.74, 6) is -0.0996. The molecule has 0 radical (unpaired) electrons. The number of ether oxygens (including phenoxy) is 1. The van der Waals surface area contributed by atoms with Crippen LogP contribution in [0.25, 0.3) is 0 Å². The van der Waals surface area contributed by atoms with Crippen LogP contribution in [0.2, 0.25) is 0 Å². The predicted octanol–water partition coefficient (Wildman–Crippen LogP) is 5.54. The van der Waals surface area contributed by atoms with Crippen molar-refractivity contribution < 1.29 is 23.9 Å². The van der Waals surface area contributed by atoms with Crippen LogP contribution in [0.5, 0.6) is 0 Å². The molecular formula is C31H47N3O5. The zero-order valence-corrected chi connectivity index (χ0v) is 24.4. The van der Waals surface area contributed by atoms with Crippen LogP contribution in [0, 0.1) is 18.3 Å². The van der Waals surface area contributed by atoms with Crippen molar-refractivity contribution in [3.8, 4) is 0 Å². The van der Waals surface area contributed by atoms with Crippen molar-refractivity contribution in [2.24, 2.45) is 11.3 Å². The number of carbonyl (C=O) groups is 4. The highest BCUT2D eigenvalue weighted by Crippen LogP contribution is 2.42. The third-order valence-electron chi connectivity index (χ3n) is 8.40. The maximum atomic E-state index is 12.7. The summed E-state index contributed by atoms with van der Waals surface area (Å²) in [6.45, 7) is 11.2. The van der Waals surface area contributed by atoms with Gasteiger partial charge in [-0.3, -0.25) is 19.7 Å². The van der Waals surface area contributed by atoms with Crippen molar-refractivity contribution in [2.75, 3.05) is 0 Å². The van der Waals surface area contributed by atoms with Gasteiger partial charge < -0.3 is 15.0 Å². The maximum Gasteiger partial charge on any atom is 0.407 e. The first-order valence-electron chi connectivity index (χ1n) is 14.5. The normalized spacial score (nSPS) is 19.5. The van der Waals surface area contributed by atoms with Crippen molar-refractivity contribution in [3.05, 3.63) is 34.9 Å². The lowest BCUT2D eigenvalue weighted by atomic mass is 9.68. The minimum atomic E-state index is -0.656. The van der Waals surface area contributed by atoms with E-state index in [2.05, 4.69) is 24.5 Å². The molecule has 8 nitrogen and oxygen atoms in total. The summed E-state index contributed by atoms with van der Waals surface area (Å²) in [6.07, 6.45) is 10.7. The molecule has 3 rings (SSSR count). The van der Waals surface area contributed by atoms with E-state index >= 15 is 0 Å². The standard InChI is InChI=1S/C31H47N3O5/c1-22-17-23(13-14-24(22)19-34(21-35)26-15-16-27(36)33-28(26)37)18-32-29(38)39-31(4,5)20-30(2,3)25-11-9-7-6-8-10-12-25/h13-14,17,21,25-26H,6-12,15-16,18-20H2,1-5H3,(H,32,38)(H,33,36,37). The summed E-state index contributed by atoms with van der Waals surface area (Å²) in [6, 6.07) is 5.11. The number of rotatable bonds is 10. The lowest BCUT2D eigenvalue weighted by Crippen LogP contribution is -2.51. The molecule has 2 N–H and O–H groups in total.